The summed E-state index contributed by atoms with van der Waals surface area (Å²) in [4.78, 5) is 11.8. The number of carbonyl (C=O) groups excluding carboxylic acids is 1. The van der Waals surface area contributed by atoms with Crippen LogP contribution in [0.2, 0.25) is 5.02 Å². The molecule has 0 saturated carbocycles. The van der Waals surface area contributed by atoms with Crippen LogP contribution in [0.3, 0.4) is 0 Å². The molecule has 3 nitrogen and oxygen atoms in total. The molecule has 2 rings (SSSR count). The van der Waals surface area contributed by atoms with Gasteiger partial charge in [0.2, 0.25) is 0 Å². The van der Waals surface area contributed by atoms with Crippen molar-refractivity contribution in [3.63, 3.8) is 0 Å². The maximum Gasteiger partial charge on any atom is 0.323 e. The SMILES string of the molecule is Cc1c(Cl)cccc1NC(=O)N/C=C/c1ccccc1Br. The van der Waals surface area contributed by atoms with E-state index < -0.39 is 0 Å². The fraction of sp³-hybridized carbons (Fsp3) is 0.0625. The van der Waals surface area contributed by atoms with E-state index in [9.17, 15) is 4.79 Å². The van der Waals surface area contributed by atoms with Crippen molar-refractivity contribution in [3.05, 3.63) is 69.3 Å². The van der Waals surface area contributed by atoms with Gasteiger partial charge < -0.3 is 10.6 Å². The van der Waals surface area contributed by atoms with Gasteiger partial charge in [-0.2, -0.15) is 0 Å². The predicted molar refractivity (Wildman–Crippen MR) is 91.5 cm³/mol. The molecule has 0 aliphatic heterocycles. The third kappa shape index (κ3) is 4.34. The first kappa shape index (κ1) is 15.6. The molecule has 0 spiro atoms. The Morgan fingerprint density at radius 1 is 1.19 bits per heavy atom. The van der Waals surface area contributed by atoms with Crippen LogP contribution < -0.4 is 10.6 Å². The molecular weight excluding hydrogens is 352 g/mol. The molecule has 2 aromatic carbocycles. The molecule has 0 fully saturated rings. The molecule has 0 heterocycles. The molecule has 0 bridgehead atoms. The number of halogens is 2. The van der Waals surface area contributed by atoms with Gasteiger partial charge in [0.1, 0.15) is 0 Å². The molecule has 0 aliphatic rings. The van der Waals surface area contributed by atoms with Crippen molar-refractivity contribution in [2.24, 2.45) is 0 Å². The van der Waals surface area contributed by atoms with Crippen molar-refractivity contribution in [1.82, 2.24) is 5.32 Å². The lowest BCUT2D eigenvalue weighted by atomic mass is 10.2. The van der Waals surface area contributed by atoms with Gasteiger partial charge in [0.25, 0.3) is 0 Å². The molecule has 0 saturated heterocycles. The molecule has 0 unspecified atom stereocenters. The maximum absolute atomic E-state index is 11.8. The zero-order valence-corrected chi connectivity index (χ0v) is 13.7. The number of hydrogen-bond donors (Lipinski definition) is 2. The second kappa shape index (κ2) is 7.29. The summed E-state index contributed by atoms with van der Waals surface area (Å²) in [5.74, 6) is 0. The summed E-state index contributed by atoms with van der Waals surface area (Å²) in [5, 5.41) is 6.04. The summed E-state index contributed by atoms with van der Waals surface area (Å²) < 4.78 is 0.967. The van der Waals surface area contributed by atoms with E-state index in [1.807, 2.05) is 37.3 Å². The van der Waals surface area contributed by atoms with Crippen LogP contribution in [0.4, 0.5) is 10.5 Å². The molecule has 0 aromatic heterocycles. The van der Waals surface area contributed by atoms with E-state index in [-0.39, 0.29) is 6.03 Å². The first-order valence-corrected chi connectivity index (χ1v) is 7.49. The van der Waals surface area contributed by atoms with Gasteiger partial charge in [0.15, 0.2) is 0 Å². The molecule has 0 aliphatic carbocycles. The largest absolute Gasteiger partial charge is 0.323 e. The normalized spacial score (nSPS) is 10.6. The van der Waals surface area contributed by atoms with Crippen LogP contribution in [-0.4, -0.2) is 6.03 Å². The van der Waals surface area contributed by atoms with E-state index >= 15 is 0 Å². The van der Waals surface area contributed by atoms with Gasteiger partial charge in [-0.25, -0.2) is 4.79 Å². The van der Waals surface area contributed by atoms with Crippen molar-refractivity contribution in [3.8, 4) is 0 Å². The van der Waals surface area contributed by atoms with Crippen molar-refractivity contribution < 1.29 is 4.79 Å². The number of urea groups is 1. The van der Waals surface area contributed by atoms with Gasteiger partial charge in [-0.3, -0.25) is 0 Å². The number of benzene rings is 2. The summed E-state index contributed by atoms with van der Waals surface area (Å²) in [7, 11) is 0. The second-order valence-electron chi connectivity index (χ2n) is 4.37. The minimum Gasteiger partial charge on any atom is -0.314 e. The fourth-order valence-corrected chi connectivity index (χ4v) is 2.31. The molecular formula is C16H14BrClN2O. The van der Waals surface area contributed by atoms with E-state index in [0.29, 0.717) is 10.7 Å². The molecule has 108 valence electrons. The summed E-state index contributed by atoms with van der Waals surface area (Å²) in [6, 6.07) is 12.8. The van der Waals surface area contributed by atoms with Gasteiger partial charge in [-0.1, -0.05) is 51.8 Å². The van der Waals surface area contributed by atoms with E-state index in [1.54, 1.807) is 24.4 Å². The molecule has 2 amide bonds. The van der Waals surface area contributed by atoms with Crippen molar-refractivity contribution >= 4 is 45.3 Å². The van der Waals surface area contributed by atoms with Crippen molar-refractivity contribution in [2.75, 3.05) is 5.32 Å². The summed E-state index contributed by atoms with van der Waals surface area (Å²) in [6.07, 6.45) is 3.41. The second-order valence-corrected chi connectivity index (χ2v) is 5.63. The molecule has 0 radical (unpaired) electrons. The smallest absolute Gasteiger partial charge is 0.314 e. The van der Waals surface area contributed by atoms with Gasteiger partial charge in [0.05, 0.1) is 0 Å². The maximum atomic E-state index is 11.8. The van der Waals surface area contributed by atoms with Gasteiger partial charge in [-0.05, 0) is 42.3 Å². The first-order chi connectivity index (χ1) is 10.1. The van der Waals surface area contributed by atoms with Crippen LogP contribution in [0, 0.1) is 6.92 Å². The molecule has 0 atom stereocenters. The number of carbonyl (C=O) groups is 1. The average Bonchev–Trinajstić information content (AvgIpc) is 2.46. The highest BCUT2D eigenvalue weighted by molar-refractivity contribution is 9.10. The first-order valence-electron chi connectivity index (χ1n) is 6.31. The Hall–Kier alpha value is -1.78. The molecule has 2 aromatic rings. The lowest BCUT2D eigenvalue weighted by Gasteiger charge is -2.08. The topological polar surface area (TPSA) is 41.1 Å². The van der Waals surface area contributed by atoms with Crippen LogP contribution in [0.25, 0.3) is 6.08 Å². The highest BCUT2D eigenvalue weighted by atomic mass is 79.9. The third-order valence-electron chi connectivity index (χ3n) is 2.90. The molecule has 21 heavy (non-hydrogen) atoms. The molecule has 5 heteroatoms. The average molecular weight is 366 g/mol. The number of rotatable bonds is 3. The van der Waals surface area contributed by atoms with Crippen molar-refractivity contribution in [1.29, 1.82) is 0 Å². The van der Waals surface area contributed by atoms with E-state index in [1.165, 1.54) is 0 Å². The number of hydrogen-bond acceptors (Lipinski definition) is 1. The van der Waals surface area contributed by atoms with Crippen LogP contribution in [0.15, 0.2) is 53.1 Å². The third-order valence-corrected chi connectivity index (χ3v) is 4.03. The highest BCUT2D eigenvalue weighted by Crippen LogP contribution is 2.22. The van der Waals surface area contributed by atoms with Crippen LogP contribution in [0.1, 0.15) is 11.1 Å². The lowest BCUT2D eigenvalue weighted by molar-refractivity contribution is 0.255. The Kier molecular flexibility index (Phi) is 5.42. The Labute approximate surface area is 137 Å². The Morgan fingerprint density at radius 2 is 1.95 bits per heavy atom. The Bertz CT molecular complexity index is 686. The summed E-state index contributed by atoms with van der Waals surface area (Å²) in [5.41, 5.74) is 2.51. The van der Waals surface area contributed by atoms with Crippen molar-refractivity contribution in [2.45, 2.75) is 6.92 Å². The monoisotopic (exact) mass is 364 g/mol. The minimum atomic E-state index is -0.316. The fourth-order valence-electron chi connectivity index (χ4n) is 1.72. The minimum absolute atomic E-state index is 0.316. The lowest BCUT2D eigenvalue weighted by Crippen LogP contribution is -2.24. The number of anilines is 1. The van der Waals surface area contributed by atoms with Gasteiger partial charge in [-0.15, -0.1) is 0 Å². The predicted octanol–water partition coefficient (Wildman–Crippen LogP) is 5.20. The number of amides is 2. The highest BCUT2D eigenvalue weighted by Gasteiger charge is 2.04. The van der Waals surface area contributed by atoms with Gasteiger partial charge >= 0.3 is 6.03 Å². The van der Waals surface area contributed by atoms with Gasteiger partial charge in [0, 0.05) is 21.4 Å². The quantitative estimate of drug-likeness (QED) is 0.771. The zero-order chi connectivity index (χ0) is 15.2. The Morgan fingerprint density at radius 3 is 2.71 bits per heavy atom. The van der Waals surface area contributed by atoms with Crippen LogP contribution in [-0.2, 0) is 0 Å². The standard InChI is InChI=1S/C16H14BrClN2O/c1-11-14(18)7-4-8-15(11)20-16(21)19-10-9-12-5-2-3-6-13(12)17/h2-10H,1H3,(H2,19,20,21)/b10-9+. The zero-order valence-electron chi connectivity index (χ0n) is 11.4. The van der Waals surface area contributed by atoms with E-state index in [2.05, 4.69) is 26.6 Å². The van der Waals surface area contributed by atoms with E-state index in [0.717, 1.165) is 15.6 Å². The molecule has 2 N–H and O–H groups in total. The number of nitrogens with one attached hydrogen (secondary N) is 2. The summed E-state index contributed by atoms with van der Waals surface area (Å²) in [6.45, 7) is 1.86. The van der Waals surface area contributed by atoms with E-state index in [4.69, 9.17) is 11.6 Å². The summed E-state index contributed by atoms with van der Waals surface area (Å²) >= 11 is 9.45. The van der Waals surface area contributed by atoms with Crippen LogP contribution in [0.5, 0.6) is 0 Å². The Balaban J connectivity index is 1.97. The van der Waals surface area contributed by atoms with Crippen LogP contribution >= 0.6 is 27.5 Å².